The number of likely N-dealkylation sites (tertiary alicyclic amines) is 1. The van der Waals surface area contributed by atoms with Gasteiger partial charge in [-0.2, -0.15) is 4.98 Å². The van der Waals surface area contributed by atoms with Crippen LogP contribution in [0.3, 0.4) is 0 Å². The Morgan fingerprint density at radius 3 is 2.42 bits per heavy atom. The van der Waals surface area contributed by atoms with E-state index in [1.165, 1.54) is 11.1 Å². The number of nitrogens with zero attached hydrogens (tertiary/aromatic N) is 3. The maximum Gasteiger partial charge on any atom is 0.241 e. The highest BCUT2D eigenvalue weighted by molar-refractivity contribution is 5.78. The first-order chi connectivity index (χ1) is 17.3. The number of aromatic nitrogens is 2. The van der Waals surface area contributed by atoms with Gasteiger partial charge in [-0.1, -0.05) is 93.9 Å². The standard InChI is InChI=1S/C30H40N4O2/c1-5-22(19-23-9-7-6-8-10-23)20-31-29(35)25-15-17-34(18-16-25)21-27-32-28(33-36-27)24-11-13-26(14-12-24)30(2,3)4/h6-14,22,25H,5,15-21H2,1-4H3,(H,31,35). The first kappa shape index (κ1) is 26.1. The molecule has 1 unspecified atom stereocenters. The van der Waals surface area contributed by atoms with E-state index in [-0.39, 0.29) is 17.2 Å². The Morgan fingerprint density at radius 2 is 1.78 bits per heavy atom. The molecule has 1 fully saturated rings. The maximum atomic E-state index is 12.8. The molecule has 0 aliphatic carbocycles. The van der Waals surface area contributed by atoms with Gasteiger partial charge < -0.3 is 9.84 Å². The molecule has 1 aromatic heterocycles. The van der Waals surface area contributed by atoms with Gasteiger partial charge in [-0.15, -0.1) is 0 Å². The molecule has 2 heterocycles. The number of carbonyl (C=O) groups excluding carboxylic acids is 1. The van der Waals surface area contributed by atoms with Crippen LogP contribution in [0.5, 0.6) is 0 Å². The molecule has 1 amide bonds. The lowest BCUT2D eigenvalue weighted by Crippen LogP contribution is -2.41. The topological polar surface area (TPSA) is 71.3 Å². The third-order valence-electron chi connectivity index (χ3n) is 7.30. The molecule has 1 N–H and O–H groups in total. The normalized spacial score (nSPS) is 16.1. The average Bonchev–Trinajstić information content (AvgIpc) is 3.35. The van der Waals surface area contributed by atoms with Crippen LogP contribution in [0.4, 0.5) is 0 Å². The Hall–Kier alpha value is -2.99. The lowest BCUT2D eigenvalue weighted by Gasteiger charge is -2.30. The molecular formula is C30H40N4O2. The van der Waals surface area contributed by atoms with Crippen LogP contribution in [-0.4, -0.2) is 40.6 Å². The summed E-state index contributed by atoms with van der Waals surface area (Å²) in [7, 11) is 0. The van der Waals surface area contributed by atoms with Crippen molar-refractivity contribution in [1.82, 2.24) is 20.4 Å². The highest BCUT2D eigenvalue weighted by atomic mass is 16.5. The minimum Gasteiger partial charge on any atom is -0.356 e. The van der Waals surface area contributed by atoms with E-state index in [4.69, 9.17) is 4.52 Å². The third kappa shape index (κ3) is 7.03. The summed E-state index contributed by atoms with van der Waals surface area (Å²) >= 11 is 0. The van der Waals surface area contributed by atoms with Gasteiger partial charge in [0.1, 0.15) is 0 Å². The fourth-order valence-corrected chi connectivity index (χ4v) is 4.80. The predicted molar refractivity (Wildman–Crippen MR) is 143 cm³/mol. The molecule has 1 saturated heterocycles. The second kappa shape index (κ2) is 11.8. The van der Waals surface area contributed by atoms with Crippen LogP contribution in [0.1, 0.15) is 64.0 Å². The van der Waals surface area contributed by atoms with Gasteiger partial charge >= 0.3 is 0 Å². The second-order valence-electron chi connectivity index (χ2n) is 11.1. The molecule has 6 heteroatoms. The summed E-state index contributed by atoms with van der Waals surface area (Å²) in [6.07, 6.45) is 3.77. The fourth-order valence-electron chi connectivity index (χ4n) is 4.80. The summed E-state index contributed by atoms with van der Waals surface area (Å²) in [4.78, 5) is 19.7. The molecule has 3 aromatic rings. The summed E-state index contributed by atoms with van der Waals surface area (Å²) in [5.74, 6) is 1.99. The summed E-state index contributed by atoms with van der Waals surface area (Å²) in [5, 5.41) is 7.41. The van der Waals surface area contributed by atoms with Crippen LogP contribution in [0, 0.1) is 11.8 Å². The zero-order chi connectivity index (χ0) is 25.5. The Kier molecular flexibility index (Phi) is 8.57. The lowest BCUT2D eigenvalue weighted by atomic mass is 9.87. The van der Waals surface area contributed by atoms with Crippen molar-refractivity contribution in [2.45, 2.75) is 65.3 Å². The van der Waals surface area contributed by atoms with E-state index in [1.54, 1.807) is 0 Å². The van der Waals surface area contributed by atoms with Crippen LogP contribution in [-0.2, 0) is 23.2 Å². The zero-order valence-electron chi connectivity index (χ0n) is 22.2. The van der Waals surface area contributed by atoms with Gasteiger partial charge in [0, 0.05) is 18.0 Å². The number of hydrogen-bond donors (Lipinski definition) is 1. The Balaban J connectivity index is 1.22. The van der Waals surface area contributed by atoms with Crippen molar-refractivity contribution in [3.05, 3.63) is 71.6 Å². The molecular weight excluding hydrogens is 448 g/mol. The van der Waals surface area contributed by atoms with Crippen molar-refractivity contribution in [3.63, 3.8) is 0 Å². The van der Waals surface area contributed by atoms with Crippen molar-refractivity contribution in [2.75, 3.05) is 19.6 Å². The van der Waals surface area contributed by atoms with Crippen molar-refractivity contribution < 1.29 is 9.32 Å². The van der Waals surface area contributed by atoms with Gasteiger partial charge in [-0.25, -0.2) is 0 Å². The Morgan fingerprint density at radius 1 is 1.08 bits per heavy atom. The molecule has 0 spiro atoms. The lowest BCUT2D eigenvalue weighted by molar-refractivity contribution is -0.126. The molecule has 6 nitrogen and oxygen atoms in total. The smallest absolute Gasteiger partial charge is 0.241 e. The molecule has 2 aromatic carbocycles. The minimum atomic E-state index is 0.0788. The van der Waals surface area contributed by atoms with Gasteiger partial charge in [0.05, 0.1) is 6.54 Å². The molecule has 1 aliphatic rings. The predicted octanol–water partition coefficient (Wildman–Crippen LogP) is 5.63. The molecule has 0 saturated carbocycles. The van der Waals surface area contributed by atoms with E-state index in [9.17, 15) is 4.79 Å². The van der Waals surface area contributed by atoms with E-state index in [0.29, 0.717) is 24.2 Å². The van der Waals surface area contributed by atoms with Gasteiger partial charge in [0.2, 0.25) is 17.6 Å². The summed E-state index contributed by atoms with van der Waals surface area (Å²) in [6.45, 7) is 11.9. The molecule has 4 rings (SSSR count). The van der Waals surface area contributed by atoms with E-state index < -0.39 is 0 Å². The number of rotatable bonds is 9. The van der Waals surface area contributed by atoms with Crippen LogP contribution in [0.25, 0.3) is 11.4 Å². The van der Waals surface area contributed by atoms with Crippen LogP contribution >= 0.6 is 0 Å². The first-order valence-electron chi connectivity index (χ1n) is 13.3. The Bertz CT molecular complexity index is 1090. The SMILES string of the molecule is CCC(CNC(=O)C1CCN(Cc2nc(-c3ccc(C(C)(C)C)cc3)no2)CC1)Cc1ccccc1. The number of benzene rings is 2. The summed E-state index contributed by atoms with van der Waals surface area (Å²) in [5.41, 5.74) is 3.69. The van der Waals surface area contributed by atoms with Gasteiger partial charge in [0.15, 0.2) is 0 Å². The highest BCUT2D eigenvalue weighted by Crippen LogP contribution is 2.25. The number of carbonyl (C=O) groups is 1. The molecule has 0 radical (unpaired) electrons. The number of amides is 1. The third-order valence-corrected chi connectivity index (χ3v) is 7.30. The molecule has 192 valence electrons. The van der Waals surface area contributed by atoms with Crippen molar-refractivity contribution >= 4 is 5.91 Å². The van der Waals surface area contributed by atoms with Crippen LogP contribution < -0.4 is 5.32 Å². The fraction of sp³-hybridized carbons (Fsp3) is 0.500. The number of hydrogen-bond acceptors (Lipinski definition) is 5. The zero-order valence-corrected chi connectivity index (χ0v) is 22.2. The largest absolute Gasteiger partial charge is 0.356 e. The van der Waals surface area contributed by atoms with E-state index >= 15 is 0 Å². The number of nitrogens with one attached hydrogen (secondary N) is 1. The first-order valence-corrected chi connectivity index (χ1v) is 13.3. The van der Waals surface area contributed by atoms with Crippen LogP contribution in [0.15, 0.2) is 59.1 Å². The Labute approximate surface area is 215 Å². The molecule has 1 atom stereocenters. The van der Waals surface area contributed by atoms with E-state index in [1.807, 2.05) is 6.07 Å². The monoisotopic (exact) mass is 488 g/mol. The van der Waals surface area contributed by atoms with E-state index in [0.717, 1.165) is 50.9 Å². The summed E-state index contributed by atoms with van der Waals surface area (Å²) < 4.78 is 5.54. The maximum absolute atomic E-state index is 12.8. The van der Waals surface area contributed by atoms with Gasteiger partial charge in [-0.3, -0.25) is 9.69 Å². The second-order valence-corrected chi connectivity index (χ2v) is 11.1. The molecule has 0 bridgehead atoms. The molecule has 36 heavy (non-hydrogen) atoms. The average molecular weight is 489 g/mol. The van der Waals surface area contributed by atoms with Crippen molar-refractivity contribution in [2.24, 2.45) is 11.8 Å². The number of piperidine rings is 1. The highest BCUT2D eigenvalue weighted by Gasteiger charge is 2.26. The van der Waals surface area contributed by atoms with Crippen molar-refractivity contribution in [1.29, 1.82) is 0 Å². The van der Waals surface area contributed by atoms with Crippen molar-refractivity contribution in [3.8, 4) is 11.4 Å². The summed E-state index contributed by atoms with van der Waals surface area (Å²) in [6, 6.07) is 18.9. The minimum absolute atomic E-state index is 0.0788. The van der Waals surface area contributed by atoms with E-state index in [2.05, 4.69) is 96.6 Å². The van der Waals surface area contributed by atoms with Gasteiger partial charge in [-0.05, 0) is 54.8 Å². The quantitative estimate of drug-likeness (QED) is 0.423. The van der Waals surface area contributed by atoms with Gasteiger partial charge in [0.25, 0.3) is 0 Å². The molecule has 1 aliphatic heterocycles. The van der Waals surface area contributed by atoms with Crippen LogP contribution in [0.2, 0.25) is 0 Å².